The van der Waals surface area contributed by atoms with Crippen LogP contribution in [0.3, 0.4) is 0 Å². The lowest BCUT2D eigenvalue weighted by Crippen LogP contribution is -2.84. The summed E-state index contributed by atoms with van der Waals surface area (Å²) >= 11 is 6.48. The Labute approximate surface area is 266 Å². The third kappa shape index (κ3) is 6.38. The molecule has 1 amide bonds. The molecule has 10 heteroatoms. The van der Waals surface area contributed by atoms with Gasteiger partial charge in [0.1, 0.15) is 17.6 Å². The molecule has 2 N–H and O–H groups in total. The minimum absolute atomic E-state index is 0.0156. The molecule has 2 aromatic heterocycles. The number of aromatic amines is 1. The van der Waals surface area contributed by atoms with Crippen molar-refractivity contribution in [3.8, 4) is 5.75 Å². The van der Waals surface area contributed by atoms with Crippen LogP contribution in [0.5, 0.6) is 5.75 Å². The Morgan fingerprint density at radius 3 is 2.66 bits per heavy atom. The Bertz CT molecular complexity index is 1440. The first kappa shape index (κ1) is 32.8. The van der Waals surface area contributed by atoms with Crippen molar-refractivity contribution in [2.24, 2.45) is 11.8 Å². The van der Waals surface area contributed by atoms with Gasteiger partial charge < -0.3 is 19.5 Å². The highest BCUT2D eigenvalue weighted by Gasteiger charge is 2.69. The maximum Gasteiger partial charge on any atom is 0.267 e. The van der Waals surface area contributed by atoms with Gasteiger partial charge in [-0.3, -0.25) is 9.89 Å². The minimum Gasteiger partial charge on any atom is -0.475 e. The number of hydrogen-bond donors (Lipinski definition) is 2. The summed E-state index contributed by atoms with van der Waals surface area (Å²) < 4.78 is 20.1. The number of β-lactam (4-membered cyclic amide) rings is 1. The Balaban J connectivity index is 1.43. The van der Waals surface area contributed by atoms with Crippen LogP contribution < -0.4 is 10.1 Å². The zero-order valence-corrected chi connectivity index (χ0v) is 28.1. The van der Waals surface area contributed by atoms with Crippen molar-refractivity contribution in [3.63, 3.8) is 0 Å². The van der Waals surface area contributed by atoms with Crippen molar-refractivity contribution in [2.45, 2.75) is 116 Å². The van der Waals surface area contributed by atoms with E-state index in [9.17, 15) is 4.79 Å². The number of amides is 1. The van der Waals surface area contributed by atoms with E-state index in [0.29, 0.717) is 43.0 Å². The summed E-state index contributed by atoms with van der Waals surface area (Å²) in [5, 5.41) is 11.9. The number of benzene rings is 1. The van der Waals surface area contributed by atoms with Gasteiger partial charge in [-0.25, -0.2) is 4.98 Å². The largest absolute Gasteiger partial charge is 0.475 e. The van der Waals surface area contributed by atoms with Gasteiger partial charge in [-0.05, 0) is 89.7 Å². The molecule has 5 unspecified atom stereocenters. The Hall–Kier alpha value is -2.62. The van der Waals surface area contributed by atoms with E-state index in [4.69, 9.17) is 35.9 Å². The van der Waals surface area contributed by atoms with E-state index in [1.54, 1.807) is 4.63 Å². The lowest BCUT2D eigenvalue weighted by molar-refractivity contribution is -0.182. The van der Waals surface area contributed by atoms with Crippen molar-refractivity contribution in [3.05, 3.63) is 45.9 Å². The monoisotopic (exact) mass is 627 g/mol. The van der Waals surface area contributed by atoms with Gasteiger partial charge in [0.05, 0.1) is 17.8 Å². The smallest absolute Gasteiger partial charge is 0.267 e. The van der Waals surface area contributed by atoms with Gasteiger partial charge in [0, 0.05) is 12.5 Å². The molecule has 1 aromatic carbocycles. The Morgan fingerprint density at radius 1 is 1.14 bits per heavy atom. The number of unbranched alkanes of at least 4 members (excludes halogenated alkanes) is 3. The number of carbonyl (C=O) groups is 1. The molecule has 1 aliphatic carbocycles. The molecule has 1 saturated carbocycles. The van der Waals surface area contributed by atoms with E-state index in [1.807, 2.05) is 19.9 Å². The number of fused-ring (bicyclic) bond motifs is 1. The molecule has 1 aliphatic heterocycles. The van der Waals surface area contributed by atoms with Crippen LogP contribution in [-0.2, 0) is 14.3 Å². The molecule has 3 aromatic rings. The number of halogens is 1. The van der Waals surface area contributed by atoms with Crippen LogP contribution in [0.2, 0.25) is 5.02 Å². The highest BCUT2D eigenvalue weighted by atomic mass is 35.5. The van der Waals surface area contributed by atoms with Gasteiger partial charge in [0.25, 0.3) is 5.91 Å². The highest BCUT2D eigenvalue weighted by Crippen LogP contribution is 2.53. The van der Waals surface area contributed by atoms with Crippen LogP contribution in [0.15, 0.2) is 18.2 Å². The first-order valence-electron chi connectivity index (χ1n) is 16.5. The minimum atomic E-state index is -0.896. The van der Waals surface area contributed by atoms with Gasteiger partial charge >= 0.3 is 0 Å². The summed E-state index contributed by atoms with van der Waals surface area (Å²) in [6.45, 7) is 14.0. The maximum absolute atomic E-state index is 13.8. The molecule has 44 heavy (non-hydrogen) atoms. The Morgan fingerprint density at radius 2 is 1.95 bits per heavy atom. The fraction of sp³-hybridized carbons (Fsp3) is 0.676. The molecular formula is C34H50ClN5O4. The number of ether oxygens (including phenoxy) is 3. The number of rotatable bonds is 15. The lowest BCUT2D eigenvalue weighted by atomic mass is 9.56. The topological polar surface area (TPSA) is 103 Å². The van der Waals surface area contributed by atoms with Gasteiger partial charge in [0.2, 0.25) is 5.60 Å². The van der Waals surface area contributed by atoms with Crippen molar-refractivity contribution in [1.29, 1.82) is 0 Å². The van der Waals surface area contributed by atoms with Gasteiger partial charge in [-0.15, -0.1) is 5.10 Å². The summed E-state index contributed by atoms with van der Waals surface area (Å²) in [5.74, 6) is 2.25. The quantitative estimate of drug-likeness (QED) is 0.105. The number of aromatic nitrogens is 4. The molecule has 0 bridgehead atoms. The third-order valence-corrected chi connectivity index (χ3v) is 10.4. The number of carbonyl (C=O) groups excluding carboxylic acids is 1. The average molecular weight is 628 g/mol. The SMILES string of the molecule is CCCCCCC1(Oc2ccc(C)cc2C)C(=O)NC12CCC(COCOCC)C(CC(C)c1nc3c(Cl)c(C)[nH]n3n1)C2. The maximum atomic E-state index is 13.8. The number of nitrogens with one attached hydrogen (secondary N) is 2. The van der Waals surface area contributed by atoms with Crippen LogP contribution in [0.1, 0.15) is 107 Å². The number of nitrogens with zero attached hydrogens (tertiary/aromatic N) is 3. The summed E-state index contributed by atoms with van der Waals surface area (Å²) in [6, 6.07) is 6.23. The number of hydrogen-bond acceptors (Lipinski definition) is 6. The molecule has 5 atom stereocenters. The van der Waals surface area contributed by atoms with E-state index in [0.717, 1.165) is 74.2 Å². The van der Waals surface area contributed by atoms with Crippen LogP contribution in [-0.4, -0.2) is 56.9 Å². The van der Waals surface area contributed by atoms with E-state index in [2.05, 4.69) is 50.2 Å². The fourth-order valence-corrected chi connectivity index (χ4v) is 7.58. The van der Waals surface area contributed by atoms with Gasteiger partial charge in [-0.1, -0.05) is 62.4 Å². The molecule has 9 nitrogen and oxygen atoms in total. The van der Waals surface area contributed by atoms with Gasteiger partial charge in [0.15, 0.2) is 11.5 Å². The molecule has 1 saturated heterocycles. The molecule has 5 rings (SSSR count). The average Bonchev–Trinajstić information content (AvgIpc) is 3.53. The molecule has 0 radical (unpaired) electrons. The molecule has 1 spiro atoms. The first-order chi connectivity index (χ1) is 21.1. The van der Waals surface area contributed by atoms with Crippen molar-refractivity contribution in [2.75, 3.05) is 20.0 Å². The van der Waals surface area contributed by atoms with Crippen LogP contribution >= 0.6 is 11.6 Å². The standard InChI is InChI=1S/C34H50ClN5O4/c1-7-9-10-11-15-34(44-28-13-12-22(3)17-23(28)4)32(41)37-33(34)16-14-26(20-43-21-42-8-2)27(19-33)18-24(5)30-36-31-29(35)25(6)38-40(31)39-30/h12-13,17,24,26-27,38H,7-11,14-16,18-21H2,1-6H3,(H,37,41). The summed E-state index contributed by atoms with van der Waals surface area (Å²) in [6.07, 6.45) is 8.52. The lowest BCUT2D eigenvalue weighted by Gasteiger charge is -2.61. The van der Waals surface area contributed by atoms with E-state index < -0.39 is 11.1 Å². The third-order valence-electron chi connectivity index (χ3n) is 9.93. The normalized spacial score (nSPS) is 25.8. The Kier molecular flexibility index (Phi) is 10.3. The summed E-state index contributed by atoms with van der Waals surface area (Å²) in [5.41, 5.74) is 2.41. The van der Waals surface area contributed by atoms with Gasteiger partial charge in [-0.2, -0.15) is 4.63 Å². The first-order valence-corrected chi connectivity index (χ1v) is 16.9. The van der Waals surface area contributed by atoms with E-state index >= 15 is 0 Å². The zero-order chi connectivity index (χ0) is 31.5. The van der Waals surface area contributed by atoms with Crippen LogP contribution in [0, 0.1) is 32.6 Å². The van der Waals surface area contributed by atoms with Crippen LogP contribution in [0.25, 0.3) is 5.65 Å². The zero-order valence-electron chi connectivity index (χ0n) is 27.3. The molecule has 2 fully saturated rings. The number of H-pyrrole nitrogens is 1. The summed E-state index contributed by atoms with van der Waals surface area (Å²) in [4.78, 5) is 18.6. The second-order valence-electron chi connectivity index (χ2n) is 13.2. The van der Waals surface area contributed by atoms with Crippen molar-refractivity contribution < 1.29 is 19.0 Å². The predicted molar refractivity (Wildman–Crippen MR) is 172 cm³/mol. The molecular weight excluding hydrogens is 578 g/mol. The summed E-state index contributed by atoms with van der Waals surface area (Å²) in [7, 11) is 0. The second-order valence-corrected chi connectivity index (χ2v) is 13.6. The second kappa shape index (κ2) is 13.8. The molecule has 242 valence electrons. The molecule has 2 aliphatic rings. The molecule has 3 heterocycles. The highest BCUT2D eigenvalue weighted by molar-refractivity contribution is 6.34. The van der Waals surface area contributed by atoms with Crippen LogP contribution in [0.4, 0.5) is 0 Å². The van der Waals surface area contributed by atoms with Crippen molar-refractivity contribution >= 4 is 23.2 Å². The predicted octanol–water partition coefficient (Wildman–Crippen LogP) is 7.21. The van der Waals surface area contributed by atoms with E-state index in [-0.39, 0.29) is 17.7 Å². The number of aryl methyl sites for hydroxylation is 3. The van der Waals surface area contributed by atoms with E-state index in [1.165, 1.54) is 5.56 Å². The van der Waals surface area contributed by atoms with Crippen molar-refractivity contribution in [1.82, 2.24) is 25.1 Å². The fourth-order valence-electron chi connectivity index (χ4n) is 7.42.